The lowest BCUT2D eigenvalue weighted by Gasteiger charge is -2.31. The summed E-state index contributed by atoms with van der Waals surface area (Å²) in [5, 5.41) is 8.08. The predicted octanol–water partition coefficient (Wildman–Crippen LogP) is 3.84. The summed E-state index contributed by atoms with van der Waals surface area (Å²) < 4.78 is 29.7. The third kappa shape index (κ3) is 3.88. The topological polar surface area (TPSA) is 83.9 Å². The minimum absolute atomic E-state index is 0.279. The van der Waals surface area contributed by atoms with E-state index in [1.165, 1.54) is 17.1 Å². The zero-order valence-corrected chi connectivity index (χ0v) is 18.2. The van der Waals surface area contributed by atoms with Crippen molar-refractivity contribution in [1.29, 1.82) is 0 Å². The molecule has 0 saturated carbocycles. The number of fused-ring (bicyclic) bond motifs is 1. The standard InChI is InChI=1S/C23H25N5O2S/c1-17-2-4-22(15-24-17)31(29,30)28-10-6-18(7-11-28)16-27-9-8-20-12-19(3-5-23(20)27)21-13-25-26-14-21/h2-5,8-9,12-15,18H,6-7,10-11,16H2,1H3,(H,25,26). The van der Waals surface area contributed by atoms with Crippen LogP contribution in [-0.4, -0.2) is 45.6 Å². The van der Waals surface area contributed by atoms with E-state index in [1.54, 1.807) is 16.4 Å². The Labute approximate surface area is 181 Å². The number of nitrogens with one attached hydrogen (secondary N) is 1. The Morgan fingerprint density at radius 2 is 1.90 bits per heavy atom. The van der Waals surface area contributed by atoms with Crippen LogP contribution >= 0.6 is 0 Å². The van der Waals surface area contributed by atoms with Gasteiger partial charge in [-0.3, -0.25) is 10.1 Å². The molecular weight excluding hydrogens is 410 g/mol. The molecule has 1 aliphatic rings. The van der Waals surface area contributed by atoms with Crippen LogP contribution in [0.15, 0.2) is 66.1 Å². The van der Waals surface area contributed by atoms with Crippen molar-refractivity contribution in [2.24, 2.45) is 5.92 Å². The van der Waals surface area contributed by atoms with E-state index < -0.39 is 10.0 Å². The molecule has 1 aromatic carbocycles. The maximum absolute atomic E-state index is 12.9. The van der Waals surface area contributed by atoms with Gasteiger partial charge in [-0.15, -0.1) is 0 Å². The van der Waals surface area contributed by atoms with Crippen LogP contribution in [0.5, 0.6) is 0 Å². The highest BCUT2D eigenvalue weighted by atomic mass is 32.2. The molecule has 0 atom stereocenters. The van der Waals surface area contributed by atoms with Gasteiger partial charge < -0.3 is 4.57 Å². The van der Waals surface area contributed by atoms with Gasteiger partial charge in [0.1, 0.15) is 4.90 Å². The minimum Gasteiger partial charge on any atom is -0.347 e. The van der Waals surface area contributed by atoms with Crippen LogP contribution < -0.4 is 0 Å². The molecule has 1 saturated heterocycles. The van der Waals surface area contributed by atoms with E-state index in [0.717, 1.165) is 36.2 Å². The second-order valence-electron chi connectivity index (χ2n) is 8.21. The SMILES string of the molecule is Cc1ccc(S(=O)(=O)N2CCC(Cn3ccc4cc(-c5cn[nH]c5)ccc43)CC2)cn1. The van der Waals surface area contributed by atoms with Gasteiger partial charge in [0, 0.05) is 60.4 Å². The fraction of sp³-hybridized carbons (Fsp3) is 0.304. The normalized spacial score (nSPS) is 16.2. The van der Waals surface area contributed by atoms with Crippen molar-refractivity contribution in [2.45, 2.75) is 31.2 Å². The highest BCUT2D eigenvalue weighted by molar-refractivity contribution is 7.89. The maximum Gasteiger partial charge on any atom is 0.244 e. The van der Waals surface area contributed by atoms with E-state index in [2.05, 4.69) is 50.2 Å². The number of rotatable bonds is 5. The lowest BCUT2D eigenvalue weighted by atomic mass is 9.98. The molecule has 4 aromatic rings. The van der Waals surface area contributed by atoms with Crippen LogP contribution in [-0.2, 0) is 16.6 Å². The number of H-pyrrole nitrogens is 1. The summed E-state index contributed by atoms with van der Waals surface area (Å²) >= 11 is 0. The molecule has 31 heavy (non-hydrogen) atoms. The summed E-state index contributed by atoms with van der Waals surface area (Å²) in [5.74, 6) is 0.451. The van der Waals surface area contributed by atoms with Crippen LogP contribution in [0.25, 0.3) is 22.0 Å². The van der Waals surface area contributed by atoms with Crippen molar-refractivity contribution >= 4 is 20.9 Å². The van der Waals surface area contributed by atoms with Crippen molar-refractivity contribution in [3.8, 4) is 11.1 Å². The van der Waals surface area contributed by atoms with Crippen LogP contribution in [0.4, 0.5) is 0 Å². The number of piperidine rings is 1. The van der Waals surface area contributed by atoms with Gasteiger partial charge in [-0.1, -0.05) is 6.07 Å². The molecule has 0 unspecified atom stereocenters. The fourth-order valence-electron chi connectivity index (χ4n) is 4.31. The van der Waals surface area contributed by atoms with E-state index in [1.807, 2.05) is 19.3 Å². The van der Waals surface area contributed by atoms with Gasteiger partial charge in [-0.2, -0.15) is 9.40 Å². The van der Waals surface area contributed by atoms with Crippen molar-refractivity contribution in [3.05, 3.63) is 66.9 Å². The average Bonchev–Trinajstić information content (AvgIpc) is 3.45. The molecular formula is C23H25N5O2S. The van der Waals surface area contributed by atoms with Gasteiger partial charge in [0.05, 0.1) is 6.20 Å². The van der Waals surface area contributed by atoms with Crippen molar-refractivity contribution in [2.75, 3.05) is 13.1 Å². The molecule has 0 spiro atoms. The first-order valence-electron chi connectivity index (χ1n) is 10.5. The van der Waals surface area contributed by atoms with Gasteiger partial charge in [0.2, 0.25) is 10.0 Å². The summed E-state index contributed by atoms with van der Waals surface area (Å²) in [7, 11) is -3.47. The van der Waals surface area contributed by atoms with Crippen LogP contribution in [0.3, 0.4) is 0 Å². The van der Waals surface area contributed by atoms with E-state index in [-0.39, 0.29) is 4.90 Å². The zero-order valence-electron chi connectivity index (χ0n) is 17.4. The maximum atomic E-state index is 12.9. The first-order chi connectivity index (χ1) is 15.0. The van der Waals surface area contributed by atoms with E-state index in [4.69, 9.17) is 0 Å². The molecule has 0 amide bonds. The van der Waals surface area contributed by atoms with Gasteiger partial charge in [0.15, 0.2) is 0 Å². The number of pyridine rings is 1. The summed E-state index contributed by atoms with van der Waals surface area (Å²) in [5.41, 5.74) is 4.23. The number of aryl methyl sites for hydroxylation is 1. The molecule has 0 bridgehead atoms. The smallest absolute Gasteiger partial charge is 0.244 e. The lowest BCUT2D eigenvalue weighted by molar-refractivity contribution is 0.254. The average molecular weight is 436 g/mol. The highest BCUT2D eigenvalue weighted by Crippen LogP contribution is 2.28. The monoisotopic (exact) mass is 435 g/mol. The molecule has 4 heterocycles. The summed E-state index contributed by atoms with van der Waals surface area (Å²) in [6, 6.07) is 12.0. The van der Waals surface area contributed by atoms with Crippen LogP contribution in [0, 0.1) is 12.8 Å². The van der Waals surface area contributed by atoms with Gasteiger partial charge in [-0.05, 0) is 61.6 Å². The predicted molar refractivity (Wildman–Crippen MR) is 120 cm³/mol. The molecule has 7 nitrogen and oxygen atoms in total. The lowest BCUT2D eigenvalue weighted by Crippen LogP contribution is -2.39. The third-order valence-electron chi connectivity index (χ3n) is 6.15. The molecule has 1 fully saturated rings. The van der Waals surface area contributed by atoms with Crippen molar-refractivity contribution in [3.63, 3.8) is 0 Å². The Balaban J connectivity index is 1.26. The Morgan fingerprint density at radius 3 is 2.61 bits per heavy atom. The second kappa shape index (κ2) is 7.94. The van der Waals surface area contributed by atoms with Crippen LogP contribution in [0.1, 0.15) is 18.5 Å². The van der Waals surface area contributed by atoms with E-state index in [0.29, 0.717) is 19.0 Å². The molecule has 8 heteroatoms. The van der Waals surface area contributed by atoms with Gasteiger partial charge >= 0.3 is 0 Å². The zero-order chi connectivity index (χ0) is 21.4. The van der Waals surface area contributed by atoms with E-state index >= 15 is 0 Å². The number of sulfonamides is 1. The molecule has 3 aromatic heterocycles. The second-order valence-corrected chi connectivity index (χ2v) is 10.1. The Kier molecular flexibility index (Phi) is 5.11. The molecule has 0 radical (unpaired) electrons. The number of aromatic amines is 1. The Bertz CT molecular complexity index is 1290. The largest absolute Gasteiger partial charge is 0.347 e. The number of nitrogens with zero attached hydrogens (tertiary/aromatic N) is 4. The number of aromatic nitrogens is 4. The summed E-state index contributed by atoms with van der Waals surface area (Å²) in [6.45, 7) is 3.84. The number of benzene rings is 1. The molecule has 5 rings (SSSR count). The quantitative estimate of drug-likeness (QED) is 0.516. The number of hydrogen-bond donors (Lipinski definition) is 1. The minimum atomic E-state index is -3.47. The van der Waals surface area contributed by atoms with E-state index in [9.17, 15) is 8.42 Å². The molecule has 1 N–H and O–H groups in total. The first-order valence-corrected chi connectivity index (χ1v) is 12.0. The van der Waals surface area contributed by atoms with Crippen molar-refractivity contribution in [1.82, 2.24) is 24.1 Å². The molecule has 0 aliphatic carbocycles. The first kappa shape index (κ1) is 20.0. The molecule has 1 aliphatic heterocycles. The van der Waals surface area contributed by atoms with Gasteiger partial charge in [0.25, 0.3) is 0 Å². The fourth-order valence-corrected chi connectivity index (χ4v) is 5.73. The number of hydrogen-bond acceptors (Lipinski definition) is 4. The van der Waals surface area contributed by atoms with Crippen molar-refractivity contribution < 1.29 is 8.42 Å². The van der Waals surface area contributed by atoms with Gasteiger partial charge in [-0.25, -0.2) is 8.42 Å². The molecule has 160 valence electrons. The third-order valence-corrected chi connectivity index (χ3v) is 8.04. The Hall–Kier alpha value is -2.97. The summed E-state index contributed by atoms with van der Waals surface area (Å²) in [4.78, 5) is 4.42. The highest BCUT2D eigenvalue weighted by Gasteiger charge is 2.29. The summed E-state index contributed by atoms with van der Waals surface area (Å²) in [6.07, 6.45) is 9.02. The van der Waals surface area contributed by atoms with Crippen LogP contribution in [0.2, 0.25) is 0 Å². The Morgan fingerprint density at radius 1 is 1.06 bits per heavy atom.